The second-order valence-electron chi connectivity index (χ2n) is 6.70. The number of nitrogen functional groups attached to an aromatic ring is 1. The van der Waals surface area contributed by atoms with Crippen molar-refractivity contribution >= 4 is 17.7 Å². The highest BCUT2D eigenvalue weighted by molar-refractivity contribution is 5.98. The summed E-state index contributed by atoms with van der Waals surface area (Å²) in [6, 6.07) is 13.8. The van der Waals surface area contributed by atoms with Gasteiger partial charge in [-0.15, -0.1) is 0 Å². The van der Waals surface area contributed by atoms with Gasteiger partial charge in [-0.3, -0.25) is 10.2 Å². The van der Waals surface area contributed by atoms with Crippen LogP contribution >= 0.6 is 0 Å². The first-order valence-corrected chi connectivity index (χ1v) is 9.57. The van der Waals surface area contributed by atoms with Crippen LogP contribution in [0.25, 0.3) is 5.69 Å². The summed E-state index contributed by atoms with van der Waals surface area (Å²) in [5.41, 5.74) is 6.04. The van der Waals surface area contributed by atoms with Gasteiger partial charge < -0.3 is 25.1 Å². The van der Waals surface area contributed by atoms with Gasteiger partial charge in [-0.25, -0.2) is 4.79 Å². The summed E-state index contributed by atoms with van der Waals surface area (Å²) in [5, 5.41) is 9.92. The quantitative estimate of drug-likeness (QED) is 0.157. The van der Waals surface area contributed by atoms with Crippen molar-refractivity contribution in [2.24, 2.45) is 5.73 Å². The van der Waals surface area contributed by atoms with Crippen molar-refractivity contribution < 1.29 is 32.2 Å². The number of hydrogen-bond acceptors (Lipinski definition) is 5. The first-order chi connectivity index (χ1) is 15.6. The molecule has 3 aromatic rings. The number of halogens is 3. The number of hydrogen-bond donors (Lipinski definition) is 3. The first-order valence-electron chi connectivity index (χ1n) is 9.57. The van der Waals surface area contributed by atoms with Crippen LogP contribution in [0.3, 0.4) is 0 Å². The number of nitrogens with two attached hydrogens (primary N) is 1. The van der Waals surface area contributed by atoms with Gasteiger partial charge in [-0.05, 0) is 36.4 Å². The normalized spacial score (nSPS) is 11.0. The molecule has 3 rings (SSSR count). The Hall–Kier alpha value is -4.28. The second-order valence-corrected chi connectivity index (χ2v) is 6.70. The van der Waals surface area contributed by atoms with Crippen LogP contribution in [0.2, 0.25) is 0 Å². The van der Waals surface area contributed by atoms with E-state index in [-0.39, 0.29) is 24.6 Å². The fraction of sp³-hybridized carbons (Fsp3) is 0.136. The zero-order chi connectivity index (χ0) is 24.0. The molecule has 1 heterocycles. The van der Waals surface area contributed by atoms with Gasteiger partial charge in [0.2, 0.25) is 0 Å². The molecule has 0 aliphatic rings. The highest BCUT2D eigenvalue weighted by Crippen LogP contribution is 2.26. The summed E-state index contributed by atoms with van der Waals surface area (Å²) in [6.45, 7) is 0.0430. The highest BCUT2D eigenvalue weighted by atomic mass is 19.4. The first kappa shape index (κ1) is 23.4. The van der Waals surface area contributed by atoms with Gasteiger partial charge >= 0.3 is 12.1 Å². The van der Waals surface area contributed by atoms with Gasteiger partial charge in [-0.1, -0.05) is 12.1 Å². The van der Waals surface area contributed by atoms with E-state index >= 15 is 0 Å². The van der Waals surface area contributed by atoms with E-state index in [1.54, 1.807) is 53.4 Å². The summed E-state index contributed by atoms with van der Waals surface area (Å²) in [4.78, 5) is 23.9. The Kier molecular flexibility index (Phi) is 7.01. The number of amidine groups is 1. The molecule has 172 valence electrons. The maximum atomic E-state index is 12.7. The molecule has 0 saturated heterocycles. The topological polar surface area (TPSA) is 119 Å². The van der Waals surface area contributed by atoms with Crippen LogP contribution in [0.4, 0.5) is 13.2 Å². The fourth-order valence-electron chi connectivity index (χ4n) is 2.79. The summed E-state index contributed by atoms with van der Waals surface area (Å²) in [5.74, 6) is -3.42. The Morgan fingerprint density at radius 1 is 1.06 bits per heavy atom. The average molecular weight is 460 g/mol. The molecule has 1 aromatic heterocycles. The highest BCUT2D eigenvalue weighted by Gasteiger charge is 2.42. The van der Waals surface area contributed by atoms with Crippen molar-refractivity contribution in [3.63, 3.8) is 0 Å². The molecule has 0 spiro atoms. The molecule has 0 fully saturated rings. The van der Waals surface area contributed by atoms with Gasteiger partial charge in [0.05, 0.1) is 12.1 Å². The molecule has 1 amide bonds. The number of rotatable bonds is 8. The van der Waals surface area contributed by atoms with Crippen molar-refractivity contribution in [2.75, 3.05) is 13.2 Å². The largest absolute Gasteiger partial charge is 0.492 e. The summed E-state index contributed by atoms with van der Waals surface area (Å²) < 4.78 is 49.7. The van der Waals surface area contributed by atoms with Gasteiger partial charge in [0.1, 0.15) is 23.9 Å². The van der Waals surface area contributed by atoms with E-state index < -0.39 is 23.8 Å². The zero-order valence-corrected chi connectivity index (χ0v) is 17.1. The van der Waals surface area contributed by atoms with Gasteiger partial charge in [0.15, 0.2) is 0 Å². The third-order valence-corrected chi connectivity index (χ3v) is 4.35. The molecule has 4 N–H and O–H groups in total. The molecule has 0 aliphatic carbocycles. The monoisotopic (exact) mass is 460 g/mol. The predicted molar refractivity (Wildman–Crippen MR) is 113 cm³/mol. The summed E-state index contributed by atoms with van der Waals surface area (Å²) >= 11 is 0. The van der Waals surface area contributed by atoms with E-state index in [4.69, 9.17) is 15.9 Å². The van der Waals surface area contributed by atoms with E-state index in [1.807, 2.05) is 0 Å². The molecule has 0 atom stereocenters. The summed E-state index contributed by atoms with van der Waals surface area (Å²) in [6.07, 6.45) is -1.94. The molecule has 11 heteroatoms. The number of ether oxygens (including phenoxy) is 2. The Morgan fingerprint density at radius 3 is 2.45 bits per heavy atom. The van der Waals surface area contributed by atoms with Gasteiger partial charge in [0.25, 0.3) is 5.91 Å². The molecular weight excluding hydrogens is 441 g/mol. The molecule has 2 aromatic carbocycles. The smallest absolute Gasteiger partial charge is 0.491 e. The van der Waals surface area contributed by atoms with Crippen molar-refractivity contribution in [1.29, 1.82) is 5.41 Å². The zero-order valence-electron chi connectivity index (χ0n) is 17.1. The molecule has 8 nitrogen and oxygen atoms in total. The minimum absolute atomic E-state index is 0.00907. The number of nitrogens with zero attached hydrogens (tertiary/aromatic N) is 1. The number of amides is 1. The molecular formula is C22H19F3N4O4. The maximum Gasteiger partial charge on any atom is 0.491 e. The minimum atomic E-state index is -5.22. The van der Waals surface area contributed by atoms with E-state index in [2.05, 4.69) is 10.1 Å². The van der Waals surface area contributed by atoms with Crippen LogP contribution < -0.4 is 20.5 Å². The third-order valence-electron chi connectivity index (χ3n) is 4.35. The number of carbonyl (C=O) groups excluding carboxylic acids is 2. The Labute approximate surface area is 186 Å². The number of alkyl halides is 3. The number of aromatic nitrogens is 1. The predicted octanol–water partition coefficient (Wildman–Crippen LogP) is 3.04. The number of nitrogens with one attached hydrogen (secondary N) is 2. The Balaban J connectivity index is 1.70. The molecule has 0 unspecified atom stereocenters. The van der Waals surface area contributed by atoms with Crippen molar-refractivity contribution in [1.82, 2.24) is 9.88 Å². The Bertz CT molecular complexity index is 1160. The lowest BCUT2D eigenvalue weighted by molar-refractivity contribution is -0.189. The SMILES string of the molecule is N=C(N)c1cccc(OCCNC(=O)c2ccc(-n3cccc3)cc2OC(=O)C(F)(F)F)c1. The van der Waals surface area contributed by atoms with E-state index in [0.29, 0.717) is 17.0 Å². The minimum Gasteiger partial charge on any atom is -0.492 e. The van der Waals surface area contributed by atoms with E-state index in [1.165, 1.54) is 18.2 Å². The molecule has 0 aliphatic heterocycles. The Morgan fingerprint density at radius 2 is 1.79 bits per heavy atom. The number of esters is 1. The van der Waals surface area contributed by atoms with Crippen LogP contribution in [-0.2, 0) is 4.79 Å². The van der Waals surface area contributed by atoms with Crippen molar-refractivity contribution in [3.05, 3.63) is 78.1 Å². The standard InChI is InChI=1S/C22H19F3N4O4/c23-22(24,25)21(31)33-18-13-15(29-9-1-2-10-29)6-7-17(18)20(30)28-8-11-32-16-5-3-4-14(12-16)19(26)27/h1-7,9-10,12-13H,8,11H2,(H3,26,27)(H,28,30). The third kappa shape index (κ3) is 6.12. The number of benzene rings is 2. The van der Waals surface area contributed by atoms with E-state index in [0.717, 1.165) is 0 Å². The number of carbonyl (C=O) groups is 2. The van der Waals surface area contributed by atoms with Crippen LogP contribution in [0.15, 0.2) is 67.0 Å². The van der Waals surface area contributed by atoms with Gasteiger partial charge in [-0.2, -0.15) is 13.2 Å². The van der Waals surface area contributed by atoms with Crippen LogP contribution in [-0.4, -0.2) is 41.6 Å². The van der Waals surface area contributed by atoms with E-state index in [9.17, 15) is 22.8 Å². The summed E-state index contributed by atoms with van der Waals surface area (Å²) in [7, 11) is 0. The van der Waals surface area contributed by atoms with Gasteiger partial charge in [0, 0.05) is 29.7 Å². The maximum absolute atomic E-state index is 12.7. The lowest BCUT2D eigenvalue weighted by Gasteiger charge is -2.14. The molecule has 0 bridgehead atoms. The van der Waals surface area contributed by atoms with Crippen LogP contribution in [0.1, 0.15) is 15.9 Å². The molecule has 0 saturated carbocycles. The molecule has 0 radical (unpaired) electrons. The van der Waals surface area contributed by atoms with Crippen molar-refractivity contribution in [3.8, 4) is 17.2 Å². The lowest BCUT2D eigenvalue weighted by Crippen LogP contribution is -2.31. The average Bonchev–Trinajstić information content (AvgIpc) is 3.31. The van der Waals surface area contributed by atoms with Crippen LogP contribution in [0, 0.1) is 5.41 Å². The fourth-order valence-corrected chi connectivity index (χ4v) is 2.79. The second kappa shape index (κ2) is 9.90. The van der Waals surface area contributed by atoms with Crippen molar-refractivity contribution in [2.45, 2.75) is 6.18 Å². The lowest BCUT2D eigenvalue weighted by atomic mass is 10.1. The van der Waals surface area contributed by atoms with Crippen LogP contribution in [0.5, 0.6) is 11.5 Å². The molecule has 33 heavy (non-hydrogen) atoms.